The second-order valence-corrected chi connectivity index (χ2v) is 30.9. The zero-order valence-electron chi connectivity index (χ0n) is 62.0. The molecule has 6 aromatic carbocycles. The molecule has 12 rings (SSSR count). The van der Waals surface area contributed by atoms with E-state index in [1.165, 1.54) is 117 Å². The molecule has 0 radical (unpaired) electrons. The number of pyridine rings is 3. The summed E-state index contributed by atoms with van der Waals surface area (Å²) in [6, 6.07) is 53.1. The number of aliphatic hydroxyl groups is 1. The predicted octanol–water partition coefficient (Wildman–Crippen LogP) is 5.95. The second kappa shape index (κ2) is 43.0. The molecule has 1 N–H and O–H groups in total. The van der Waals surface area contributed by atoms with E-state index >= 15 is 0 Å². The van der Waals surface area contributed by atoms with Crippen LogP contribution in [0.4, 0.5) is 11.4 Å². The number of benzene rings is 6. The Morgan fingerprint density at radius 2 is 0.917 bits per heavy atom. The van der Waals surface area contributed by atoms with Gasteiger partial charge < -0.3 is 61.3 Å². The van der Waals surface area contributed by atoms with Crippen LogP contribution in [0.1, 0.15) is 101 Å². The van der Waals surface area contributed by atoms with Crippen LogP contribution in [0.5, 0.6) is 0 Å². The van der Waals surface area contributed by atoms with Gasteiger partial charge in [0.1, 0.15) is 27.4 Å². The van der Waals surface area contributed by atoms with Gasteiger partial charge in [0.2, 0.25) is 25.5 Å². The van der Waals surface area contributed by atoms with Crippen LogP contribution in [0.25, 0.3) is 39.3 Å². The van der Waals surface area contributed by atoms with E-state index in [0.717, 1.165) is 30.3 Å². The number of hydrogen-bond donors (Lipinski definition) is 1. The monoisotopic (exact) mass is 1670 g/mol. The SMILES string of the molecule is CC(C)C[n+]1ccc(-c2cc[n+](CC(C)C)cc2)cc1.CCN(CC)CC.CCN(CC)CC.O=C1C(=CC=C(C=CC2=C(O)c3ccccc3S2(=O)=O)c2ccccc2)S(=O)(=O)c2ccccc21.O=C1CS(=O)(=O)c2ccccc21.O=[N+]([O-])c1ccc(-[n+]2ccc(-c3ccccc3)cc2)c([N+](=O)[O-])c1.[Br-].[Br-].[Cl-]. The Morgan fingerprint density at radius 3 is 1.33 bits per heavy atom. The molecule has 3 aliphatic heterocycles. The van der Waals surface area contributed by atoms with Crippen LogP contribution in [0.2, 0.25) is 0 Å². The molecule has 0 saturated heterocycles. The number of hydrogen-bond acceptors (Lipinski definition) is 15. The first kappa shape index (κ1) is 91.1. The van der Waals surface area contributed by atoms with E-state index in [4.69, 9.17) is 0 Å². The normalized spacial score (nSPS) is 14.1. The summed E-state index contributed by atoms with van der Waals surface area (Å²) in [6.07, 6.45) is 17.5. The Hall–Kier alpha value is -9.31. The van der Waals surface area contributed by atoms with Gasteiger partial charge >= 0.3 is 5.69 Å². The van der Waals surface area contributed by atoms with Crippen LogP contribution in [-0.4, -0.2) is 107 Å². The molecular formula is C82H92Br2ClN7O13S3. The van der Waals surface area contributed by atoms with Crippen molar-refractivity contribution in [1.82, 2.24) is 9.80 Å². The summed E-state index contributed by atoms with van der Waals surface area (Å²) in [5, 5.41) is 32.6. The number of Topliss-reactive ketones (excluding diaryl/α,β-unsaturated/α-hetero) is 2. The van der Waals surface area contributed by atoms with E-state index in [1.807, 2.05) is 42.5 Å². The summed E-state index contributed by atoms with van der Waals surface area (Å²) in [5.74, 6) is -0.262. The highest BCUT2D eigenvalue weighted by atomic mass is 79.9. The van der Waals surface area contributed by atoms with E-state index in [9.17, 15) is 60.2 Å². The van der Waals surface area contributed by atoms with Crippen molar-refractivity contribution in [3.8, 4) is 27.9 Å². The van der Waals surface area contributed by atoms with Gasteiger partial charge in [-0.15, -0.1) is 0 Å². The Morgan fingerprint density at radius 1 is 0.509 bits per heavy atom. The predicted molar refractivity (Wildman–Crippen MR) is 411 cm³/mol. The minimum atomic E-state index is -3.97. The fraction of sp³-hybridized carbons (Fsp3) is 0.256. The molecule has 6 heterocycles. The highest BCUT2D eigenvalue weighted by Crippen LogP contribution is 2.39. The maximum Gasteiger partial charge on any atom is 0.347 e. The first-order chi connectivity index (χ1) is 50.1. The number of halogens is 3. The summed E-state index contributed by atoms with van der Waals surface area (Å²) >= 11 is 0. The molecule has 3 aliphatic rings. The number of non-ortho nitro benzene ring substituents is 1. The highest BCUT2D eigenvalue weighted by molar-refractivity contribution is 7.97. The lowest BCUT2D eigenvalue weighted by molar-refractivity contribution is -0.702. The number of allylic oxidation sites excluding steroid dienone is 6. The van der Waals surface area contributed by atoms with Gasteiger partial charge in [0.05, 0.1) is 24.5 Å². The van der Waals surface area contributed by atoms with Gasteiger partial charge in [-0.2, -0.15) is 4.57 Å². The first-order valence-corrected chi connectivity index (χ1v) is 39.4. The maximum absolute atomic E-state index is 12.9. The lowest BCUT2D eigenvalue weighted by atomic mass is 10.0. The summed E-state index contributed by atoms with van der Waals surface area (Å²) in [5.41, 5.74) is 5.98. The van der Waals surface area contributed by atoms with Crippen molar-refractivity contribution >= 4 is 63.8 Å². The minimum Gasteiger partial charge on any atom is -1.00 e. The number of aromatic nitrogens is 3. The standard InChI is InChI=1S/C27H18O6S2.C18H26N2.C17H12N3O4.C8H6O3S.2C6H15N.2BrH.ClH/c28-26-20-10-4-6-12-22(20)34(30,31)24(26)16-14-19(18-8-2-1-3-9-18)15-17-25-27(29)21-11-5-7-13-23(21)35(25,32)33;1-15(2)13-19-9-5-17(6-10-19)18-7-11-20(12-8-18)14-16(3)4;21-19(22)15-6-7-16(17(12-15)20(23)24)18-10-8-14(9-11-18)13-4-2-1-3-5-13;9-7-5-12(10,11)8-4-2-1-3-6(7)8;2*1-4-7(5-2)6-3;;;/h1-17,28H;5-12,15-16H,13-14H2,1-4H3;1-12H;1-4H,5H2;2*4-6H2,1-3H3;3*1H/q;+2;+1;;;;;;/p-3. The van der Waals surface area contributed by atoms with Crippen molar-refractivity contribution in [3.05, 3.63) is 302 Å². The average molecular weight is 1680 g/mol. The molecule has 572 valence electrons. The van der Waals surface area contributed by atoms with E-state index in [2.05, 4.69) is 137 Å². The number of carbonyl (C=O) groups is 2. The molecule has 0 atom stereocenters. The van der Waals surface area contributed by atoms with Gasteiger partial charge in [-0.25, -0.2) is 34.4 Å². The maximum atomic E-state index is 12.9. The highest BCUT2D eigenvalue weighted by Gasteiger charge is 2.39. The number of nitro benzene ring substituents is 2. The van der Waals surface area contributed by atoms with Crippen LogP contribution in [0.3, 0.4) is 0 Å². The Bertz CT molecular complexity index is 4930. The number of rotatable bonds is 19. The summed E-state index contributed by atoms with van der Waals surface area (Å²) < 4.78 is 80.2. The molecule has 0 saturated carbocycles. The molecule has 0 fully saturated rings. The smallest absolute Gasteiger partial charge is 0.347 e. The zero-order chi connectivity index (χ0) is 76.6. The summed E-state index contributed by atoms with van der Waals surface area (Å²) in [6.45, 7) is 31.4. The first-order valence-electron chi connectivity index (χ1n) is 34.7. The fourth-order valence-corrected chi connectivity index (χ4v) is 16.1. The van der Waals surface area contributed by atoms with E-state index < -0.39 is 45.1 Å². The van der Waals surface area contributed by atoms with E-state index in [-0.39, 0.29) is 116 Å². The Labute approximate surface area is 662 Å². The molecule has 26 heteroatoms. The van der Waals surface area contributed by atoms with Crippen LogP contribution in [0.15, 0.2) is 274 Å². The van der Waals surface area contributed by atoms with Crippen molar-refractivity contribution in [2.45, 2.75) is 97.0 Å². The number of ketones is 2. The summed E-state index contributed by atoms with van der Waals surface area (Å²) in [7, 11) is -11.2. The van der Waals surface area contributed by atoms with Gasteiger partial charge in [0, 0.05) is 77.1 Å². The van der Waals surface area contributed by atoms with Crippen LogP contribution in [0, 0.1) is 32.1 Å². The quantitative estimate of drug-likeness (QED) is 0.0323. The van der Waals surface area contributed by atoms with Gasteiger partial charge in [0.15, 0.2) is 65.9 Å². The largest absolute Gasteiger partial charge is 1.00 e. The van der Waals surface area contributed by atoms with Crippen LogP contribution in [-0.2, 0) is 42.6 Å². The van der Waals surface area contributed by atoms with Gasteiger partial charge in [-0.3, -0.25) is 29.8 Å². The van der Waals surface area contributed by atoms with Gasteiger partial charge in [-0.1, -0.05) is 185 Å². The molecule has 0 aliphatic carbocycles. The number of nitro groups is 2. The van der Waals surface area contributed by atoms with Gasteiger partial charge in [0.25, 0.3) is 11.4 Å². The van der Waals surface area contributed by atoms with Crippen molar-refractivity contribution in [2.24, 2.45) is 11.8 Å². The fourth-order valence-electron chi connectivity index (χ4n) is 11.5. The van der Waals surface area contributed by atoms with Gasteiger partial charge in [-0.05, 0) is 115 Å². The van der Waals surface area contributed by atoms with E-state index in [0.29, 0.717) is 28.5 Å². The number of fused-ring (bicyclic) bond motifs is 3. The van der Waals surface area contributed by atoms with Crippen molar-refractivity contribution < 1.29 is 110 Å². The third kappa shape index (κ3) is 24.1. The average Bonchev–Trinajstić information content (AvgIpc) is 1.60. The molecule has 0 spiro atoms. The molecule has 108 heavy (non-hydrogen) atoms. The third-order valence-corrected chi connectivity index (χ3v) is 22.5. The third-order valence-electron chi connectivity index (χ3n) is 17.2. The van der Waals surface area contributed by atoms with E-state index in [1.54, 1.807) is 89.8 Å². The molecule has 9 aromatic rings. The number of carbonyl (C=O) groups excluding carboxylic acids is 2. The number of nitrogens with zero attached hydrogens (tertiary/aromatic N) is 7. The number of aliphatic hydroxyl groups excluding tert-OH is 1. The summed E-state index contributed by atoms with van der Waals surface area (Å²) in [4.78, 5) is 48.9. The zero-order valence-corrected chi connectivity index (χ0v) is 68.4. The molecule has 20 nitrogen and oxygen atoms in total. The Balaban J connectivity index is 0.000000297. The molecule has 0 unspecified atom stereocenters. The Kier molecular flexibility index (Phi) is 36.3. The van der Waals surface area contributed by atoms with Crippen molar-refractivity contribution in [1.29, 1.82) is 0 Å². The molecule has 0 bridgehead atoms. The molecule has 3 aromatic heterocycles. The lowest BCUT2D eigenvalue weighted by Gasteiger charge is -2.13. The van der Waals surface area contributed by atoms with Crippen LogP contribution < -0.4 is 60.1 Å². The van der Waals surface area contributed by atoms with Crippen molar-refractivity contribution in [3.63, 3.8) is 0 Å². The topological polar surface area (TPSA) is 261 Å². The molecular weight excluding hydrogens is 1580 g/mol. The lowest BCUT2D eigenvalue weighted by Crippen LogP contribution is -3.00. The number of sulfone groups is 3. The van der Waals surface area contributed by atoms with Crippen molar-refractivity contribution in [2.75, 3.05) is 45.0 Å². The molecule has 0 amide bonds. The minimum absolute atomic E-state index is 0. The van der Waals surface area contributed by atoms with Crippen LogP contribution >= 0.6 is 0 Å². The second-order valence-electron chi connectivity index (χ2n) is 25.2.